The Labute approximate surface area is 158 Å². The average molecular weight is 388 g/mol. The first kappa shape index (κ1) is 19.5. The lowest BCUT2D eigenvalue weighted by Gasteiger charge is -2.45. The van der Waals surface area contributed by atoms with Crippen LogP contribution in [0.2, 0.25) is 0 Å². The van der Waals surface area contributed by atoms with Crippen LogP contribution in [0, 0.1) is 5.21 Å². The van der Waals surface area contributed by atoms with Gasteiger partial charge >= 0.3 is 5.13 Å². The number of quaternary nitrogens is 1. The summed E-state index contributed by atoms with van der Waals surface area (Å²) in [6.07, 6.45) is 4.89. The molecule has 0 aromatic carbocycles. The minimum absolute atomic E-state index is 0.107. The molecule has 1 aromatic heterocycles. The number of rotatable bonds is 8. The van der Waals surface area contributed by atoms with Crippen molar-refractivity contribution in [2.45, 2.75) is 43.1 Å². The maximum absolute atomic E-state index is 13.7. The third-order valence-corrected chi connectivity index (χ3v) is 7.07. The van der Waals surface area contributed by atoms with Gasteiger partial charge in [-0.2, -0.15) is 0 Å². The van der Waals surface area contributed by atoms with Crippen molar-refractivity contribution in [3.8, 4) is 0 Å². The molecule has 0 bridgehead atoms. The van der Waals surface area contributed by atoms with Crippen molar-refractivity contribution >= 4 is 28.2 Å². The smallest absolute Gasteiger partial charge is 0.309 e. The lowest BCUT2D eigenvalue weighted by atomic mass is 10.2. The lowest BCUT2D eigenvalue weighted by Crippen LogP contribution is -2.59. The van der Waals surface area contributed by atoms with E-state index in [0.717, 1.165) is 29.7 Å². The summed E-state index contributed by atoms with van der Waals surface area (Å²) in [5.41, 5.74) is 0. The van der Waals surface area contributed by atoms with E-state index in [0.29, 0.717) is 25.0 Å². The number of hydroxylamine groups is 2. The first-order valence-electron chi connectivity index (χ1n) is 9.19. The third kappa shape index (κ3) is 4.71. The number of nitrogens with zero attached hydrogens (tertiary/aromatic N) is 5. The van der Waals surface area contributed by atoms with Gasteiger partial charge in [0.25, 0.3) is 0 Å². The predicted molar refractivity (Wildman–Crippen MR) is 104 cm³/mol. The second-order valence-electron chi connectivity index (χ2n) is 6.86. The van der Waals surface area contributed by atoms with E-state index in [1.54, 1.807) is 11.8 Å². The summed E-state index contributed by atoms with van der Waals surface area (Å²) < 4.78 is 5.97. The van der Waals surface area contributed by atoms with Gasteiger partial charge in [0.05, 0.1) is 19.8 Å². The molecule has 0 spiro atoms. The van der Waals surface area contributed by atoms with Crippen molar-refractivity contribution in [2.75, 3.05) is 52.3 Å². The number of hydrogen-bond donors (Lipinski definition) is 0. The molecule has 0 amide bonds. The van der Waals surface area contributed by atoms with Gasteiger partial charge in [-0.05, 0) is 24.8 Å². The van der Waals surface area contributed by atoms with Gasteiger partial charge in [-0.3, -0.25) is 9.55 Å². The number of unbranched alkanes of at least 4 members (excludes halogenated alkanes) is 3. The monoisotopic (exact) mass is 387 g/mol. The van der Waals surface area contributed by atoms with Crippen LogP contribution < -0.4 is 4.65 Å². The van der Waals surface area contributed by atoms with Crippen molar-refractivity contribution in [2.24, 2.45) is 0 Å². The highest BCUT2D eigenvalue weighted by Crippen LogP contribution is 2.37. The van der Waals surface area contributed by atoms with Gasteiger partial charge < -0.3 is 9.94 Å². The molecule has 2 aliphatic rings. The van der Waals surface area contributed by atoms with E-state index in [1.165, 1.54) is 37.0 Å². The standard InChI is InChI=1S/C16H29N5O2S2/c1-3-4-5-6-11-24-16-18-17-15(25-16)21(22)13-19(2)12-14(21)20-7-9-23-10-8-20/h14H,3-13H2,1-2H3. The Hall–Kier alpha value is -0.290. The summed E-state index contributed by atoms with van der Waals surface area (Å²) in [6, 6.07) is 0. The number of likely N-dealkylation sites (N-methyl/N-ethyl adjacent to an activating group) is 1. The van der Waals surface area contributed by atoms with E-state index in [2.05, 4.69) is 26.9 Å². The van der Waals surface area contributed by atoms with Crippen molar-refractivity contribution in [3.63, 3.8) is 0 Å². The normalized spacial score (nSPS) is 28.7. The highest BCUT2D eigenvalue weighted by Gasteiger charge is 2.46. The van der Waals surface area contributed by atoms with Crippen LogP contribution in [0.1, 0.15) is 32.6 Å². The Balaban J connectivity index is 1.64. The molecular formula is C16H29N5O2S2. The fourth-order valence-corrected chi connectivity index (χ4v) is 5.45. The summed E-state index contributed by atoms with van der Waals surface area (Å²) >= 11 is 3.21. The summed E-state index contributed by atoms with van der Waals surface area (Å²) in [6.45, 7) is 6.47. The molecule has 2 unspecified atom stereocenters. The number of morpholine rings is 1. The van der Waals surface area contributed by atoms with Crippen LogP contribution in [0.4, 0.5) is 5.13 Å². The lowest BCUT2D eigenvalue weighted by molar-refractivity contribution is -0.00410. The second-order valence-corrected chi connectivity index (χ2v) is 9.16. The quantitative estimate of drug-likeness (QED) is 0.294. The molecule has 0 saturated carbocycles. The Morgan fingerprint density at radius 1 is 1.28 bits per heavy atom. The molecule has 3 rings (SSSR count). The van der Waals surface area contributed by atoms with Crippen LogP contribution in [-0.4, -0.2) is 78.5 Å². The number of ether oxygens (including phenoxy) is 1. The molecule has 2 fully saturated rings. The summed E-state index contributed by atoms with van der Waals surface area (Å²) in [4.78, 5) is 4.37. The molecule has 2 saturated heterocycles. The highest BCUT2D eigenvalue weighted by atomic mass is 32.2. The second kappa shape index (κ2) is 9.07. The molecule has 9 heteroatoms. The van der Waals surface area contributed by atoms with Crippen molar-refractivity contribution < 1.29 is 4.74 Å². The Morgan fingerprint density at radius 3 is 2.84 bits per heavy atom. The minimum atomic E-state index is -0.398. The van der Waals surface area contributed by atoms with Gasteiger partial charge in [-0.15, -0.1) is 5.10 Å². The largest absolute Gasteiger partial charge is 0.623 e. The predicted octanol–water partition coefficient (Wildman–Crippen LogP) is 2.58. The van der Waals surface area contributed by atoms with E-state index in [-0.39, 0.29) is 6.17 Å². The zero-order chi connectivity index (χ0) is 17.7. The van der Waals surface area contributed by atoms with Gasteiger partial charge in [0, 0.05) is 18.8 Å². The number of thioether (sulfide) groups is 1. The molecule has 1 aromatic rings. The topological polar surface area (TPSA) is 64.6 Å². The molecule has 3 heterocycles. The molecule has 142 valence electrons. The first-order chi connectivity index (χ1) is 12.1. The number of aromatic nitrogens is 2. The highest BCUT2D eigenvalue weighted by molar-refractivity contribution is 8.01. The maximum atomic E-state index is 13.7. The molecule has 0 aliphatic carbocycles. The van der Waals surface area contributed by atoms with Gasteiger partial charge in [0.2, 0.25) is 0 Å². The van der Waals surface area contributed by atoms with E-state index < -0.39 is 4.65 Å². The maximum Gasteiger partial charge on any atom is 0.309 e. The molecule has 2 aliphatic heterocycles. The van der Waals surface area contributed by atoms with Gasteiger partial charge in [0.15, 0.2) is 10.5 Å². The molecule has 7 nitrogen and oxygen atoms in total. The summed E-state index contributed by atoms with van der Waals surface area (Å²) in [5.74, 6) is 1.06. The van der Waals surface area contributed by atoms with E-state index in [9.17, 15) is 5.21 Å². The van der Waals surface area contributed by atoms with Crippen LogP contribution in [0.3, 0.4) is 0 Å². The Kier molecular flexibility index (Phi) is 7.07. The van der Waals surface area contributed by atoms with Gasteiger partial charge in [-0.1, -0.05) is 43.0 Å². The van der Waals surface area contributed by atoms with Crippen molar-refractivity contribution in [3.05, 3.63) is 5.21 Å². The van der Waals surface area contributed by atoms with Crippen LogP contribution in [-0.2, 0) is 4.74 Å². The third-order valence-electron chi connectivity index (χ3n) is 4.82. The van der Waals surface area contributed by atoms with Crippen molar-refractivity contribution in [1.29, 1.82) is 0 Å². The summed E-state index contributed by atoms with van der Waals surface area (Å²) in [5, 5.41) is 22.8. The van der Waals surface area contributed by atoms with Gasteiger partial charge in [0.1, 0.15) is 6.67 Å². The molecule has 0 N–H and O–H groups in total. The van der Waals surface area contributed by atoms with Crippen LogP contribution in [0.15, 0.2) is 4.34 Å². The van der Waals surface area contributed by atoms with Crippen LogP contribution >= 0.6 is 23.1 Å². The summed E-state index contributed by atoms with van der Waals surface area (Å²) in [7, 11) is 2.01. The van der Waals surface area contributed by atoms with Crippen LogP contribution in [0.5, 0.6) is 0 Å². The molecule has 25 heavy (non-hydrogen) atoms. The molecular weight excluding hydrogens is 358 g/mol. The SMILES string of the molecule is CCCCCCSc1nnc([N+]2([O-])CN(C)CC2N2CCOCC2)s1. The average Bonchev–Trinajstić information content (AvgIpc) is 3.21. The van der Waals surface area contributed by atoms with Crippen molar-refractivity contribution in [1.82, 2.24) is 24.6 Å². The Bertz CT molecular complexity index is 540. The Morgan fingerprint density at radius 2 is 2.08 bits per heavy atom. The van der Waals surface area contributed by atoms with Gasteiger partial charge in [-0.25, -0.2) is 4.90 Å². The first-order valence-corrected chi connectivity index (χ1v) is 11.0. The zero-order valence-electron chi connectivity index (χ0n) is 15.2. The molecule has 0 radical (unpaired) electrons. The van der Waals surface area contributed by atoms with E-state index in [1.807, 2.05) is 7.05 Å². The molecule has 2 atom stereocenters. The number of hydrogen-bond acceptors (Lipinski definition) is 8. The fourth-order valence-electron chi connectivity index (χ4n) is 3.47. The zero-order valence-corrected chi connectivity index (χ0v) is 16.9. The van der Waals surface area contributed by atoms with Crippen LogP contribution in [0.25, 0.3) is 0 Å². The fraction of sp³-hybridized carbons (Fsp3) is 0.875. The van der Waals surface area contributed by atoms with E-state index >= 15 is 0 Å². The minimum Gasteiger partial charge on any atom is -0.623 e. The van der Waals surface area contributed by atoms with E-state index in [4.69, 9.17) is 4.74 Å².